The number of methoxy groups -OCH3 is 1. The van der Waals surface area contributed by atoms with Gasteiger partial charge in [-0.05, 0) is 57.1 Å². The van der Waals surface area contributed by atoms with Crippen molar-refractivity contribution >= 4 is 5.91 Å². The zero-order chi connectivity index (χ0) is 17.4. The van der Waals surface area contributed by atoms with E-state index in [1.807, 2.05) is 31.2 Å². The first-order valence-corrected chi connectivity index (χ1v) is 8.36. The molecule has 1 saturated heterocycles. The van der Waals surface area contributed by atoms with Crippen molar-refractivity contribution in [2.75, 3.05) is 33.3 Å². The number of amides is 1. The Kier molecular flexibility index (Phi) is 6.95. The van der Waals surface area contributed by atoms with E-state index in [4.69, 9.17) is 15.9 Å². The van der Waals surface area contributed by atoms with Crippen LogP contribution in [-0.2, 0) is 4.79 Å². The van der Waals surface area contributed by atoms with Gasteiger partial charge in [-0.15, -0.1) is 6.42 Å². The number of nitrogens with one attached hydrogen (secondary N) is 1. The van der Waals surface area contributed by atoms with Gasteiger partial charge in [0, 0.05) is 5.92 Å². The van der Waals surface area contributed by atoms with Crippen LogP contribution in [0.25, 0.3) is 0 Å². The largest absolute Gasteiger partial charge is 0.497 e. The van der Waals surface area contributed by atoms with Crippen LogP contribution < -0.4 is 14.8 Å². The molecule has 5 heteroatoms. The molecule has 0 unspecified atom stereocenters. The van der Waals surface area contributed by atoms with Crippen LogP contribution in [0.1, 0.15) is 19.8 Å². The second kappa shape index (κ2) is 9.19. The molecule has 0 spiro atoms. The van der Waals surface area contributed by atoms with Crippen molar-refractivity contribution in [3.05, 3.63) is 24.3 Å². The summed E-state index contributed by atoms with van der Waals surface area (Å²) < 4.78 is 10.9. The number of piperidine rings is 1. The molecule has 1 aliphatic heterocycles. The topological polar surface area (TPSA) is 50.8 Å². The highest BCUT2D eigenvalue weighted by molar-refractivity contribution is 5.78. The second-order valence-electron chi connectivity index (χ2n) is 6.10. The average molecular weight is 330 g/mol. The number of carbonyl (C=O) groups excluding carboxylic acids is 1. The first-order chi connectivity index (χ1) is 11.6. The van der Waals surface area contributed by atoms with E-state index in [2.05, 4.69) is 16.1 Å². The normalized spacial score (nSPS) is 16.9. The second-order valence-corrected chi connectivity index (χ2v) is 6.10. The van der Waals surface area contributed by atoms with Crippen molar-refractivity contribution < 1.29 is 14.3 Å². The number of nitrogens with zero attached hydrogens (tertiary/aromatic N) is 1. The Bertz CT molecular complexity index is 557. The predicted octanol–water partition coefficient (Wildman–Crippen LogP) is 1.92. The third kappa shape index (κ3) is 5.47. The number of rotatable bonds is 7. The van der Waals surface area contributed by atoms with Crippen LogP contribution in [-0.4, -0.2) is 50.2 Å². The van der Waals surface area contributed by atoms with Gasteiger partial charge in [-0.1, -0.05) is 5.92 Å². The minimum absolute atomic E-state index is 0.0761. The number of carbonyl (C=O) groups is 1. The third-order valence-corrected chi connectivity index (χ3v) is 4.23. The lowest BCUT2D eigenvalue weighted by Crippen LogP contribution is -2.42. The maximum atomic E-state index is 12.3. The lowest BCUT2D eigenvalue weighted by molar-refractivity contribution is -0.126. The van der Waals surface area contributed by atoms with Gasteiger partial charge in [-0.3, -0.25) is 9.69 Å². The fourth-order valence-electron chi connectivity index (χ4n) is 2.80. The molecule has 0 aromatic heterocycles. The Morgan fingerprint density at radius 3 is 2.54 bits per heavy atom. The third-order valence-electron chi connectivity index (χ3n) is 4.23. The molecule has 1 aromatic carbocycles. The molecule has 0 saturated carbocycles. The quantitative estimate of drug-likeness (QED) is 0.776. The zero-order valence-corrected chi connectivity index (χ0v) is 14.5. The van der Waals surface area contributed by atoms with Gasteiger partial charge in [0.15, 0.2) is 0 Å². The van der Waals surface area contributed by atoms with E-state index < -0.39 is 0 Å². The summed E-state index contributed by atoms with van der Waals surface area (Å²) in [5.74, 6) is 4.40. The fourth-order valence-corrected chi connectivity index (χ4v) is 2.80. The molecule has 1 aromatic rings. The summed E-state index contributed by atoms with van der Waals surface area (Å²) in [5, 5.41) is 2.99. The summed E-state index contributed by atoms with van der Waals surface area (Å²) in [6.07, 6.45) is 6.95. The minimum atomic E-state index is -0.0936. The van der Waals surface area contributed by atoms with Crippen LogP contribution in [0.2, 0.25) is 0 Å². The van der Waals surface area contributed by atoms with Crippen molar-refractivity contribution in [2.24, 2.45) is 5.92 Å². The first-order valence-electron chi connectivity index (χ1n) is 8.36. The zero-order valence-electron chi connectivity index (χ0n) is 14.5. The Morgan fingerprint density at radius 2 is 1.96 bits per heavy atom. The molecule has 1 heterocycles. The summed E-state index contributed by atoms with van der Waals surface area (Å²) in [6, 6.07) is 7.42. The van der Waals surface area contributed by atoms with Gasteiger partial charge >= 0.3 is 0 Å². The van der Waals surface area contributed by atoms with E-state index >= 15 is 0 Å². The number of benzene rings is 1. The van der Waals surface area contributed by atoms with E-state index in [1.165, 1.54) is 0 Å². The smallest absolute Gasteiger partial charge is 0.223 e. The highest BCUT2D eigenvalue weighted by Crippen LogP contribution is 2.19. The number of hydrogen-bond acceptors (Lipinski definition) is 4. The lowest BCUT2D eigenvalue weighted by atomic mass is 9.96. The van der Waals surface area contributed by atoms with Crippen molar-refractivity contribution in [1.82, 2.24) is 10.2 Å². The van der Waals surface area contributed by atoms with Gasteiger partial charge in [0.1, 0.15) is 17.6 Å². The average Bonchev–Trinajstić information content (AvgIpc) is 2.61. The van der Waals surface area contributed by atoms with E-state index in [0.717, 1.165) is 37.4 Å². The Morgan fingerprint density at radius 1 is 1.33 bits per heavy atom. The number of hydrogen-bond donors (Lipinski definition) is 1. The van der Waals surface area contributed by atoms with Crippen LogP contribution in [0.3, 0.4) is 0 Å². The van der Waals surface area contributed by atoms with E-state index in [0.29, 0.717) is 13.1 Å². The molecule has 1 N–H and O–H groups in total. The molecule has 0 radical (unpaired) electrons. The molecule has 1 amide bonds. The van der Waals surface area contributed by atoms with E-state index in [-0.39, 0.29) is 17.9 Å². The van der Waals surface area contributed by atoms with Crippen LogP contribution in [0, 0.1) is 18.3 Å². The molecule has 1 aliphatic rings. The Hall–Kier alpha value is -2.19. The highest BCUT2D eigenvalue weighted by atomic mass is 16.5. The minimum Gasteiger partial charge on any atom is -0.497 e. The summed E-state index contributed by atoms with van der Waals surface area (Å²) in [4.78, 5) is 14.5. The lowest BCUT2D eigenvalue weighted by Gasteiger charge is -2.30. The van der Waals surface area contributed by atoms with Gasteiger partial charge in [0.25, 0.3) is 0 Å². The SMILES string of the molecule is C#CCN1CCC(C(=O)NC[C@H](C)Oc2ccc(OC)cc2)CC1. The van der Waals surface area contributed by atoms with Gasteiger partial charge in [0.05, 0.1) is 20.2 Å². The standard InChI is InChI=1S/C19H26N2O3/c1-4-11-21-12-9-16(10-13-21)19(22)20-14-15(2)24-18-7-5-17(23-3)6-8-18/h1,5-8,15-16H,9-14H2,2-3H3,(H,20,22)/t15-/m0/s1. The molecular formula is C19H26N2O3. The Balaban J connectivity index is 1.70. The fraction of sp³-hybridized carbons (Fsp3) is 0.526. The van der Waals surface area contributed by atoms with Gasteiger partial charge in [-0.25, -0.2) is 0 Å². The molecule has 2 rings (SSSR count). The van der Waals surface area contributed by atoms with Crippen LogP contribution in [0.15, 0.2) is 24.3 Å². The van der Waals surface area contributed by atoms with E-state index in [9.17, 15) is 4.79 Å². The molecule has 0 aliphatic carbocycles. The van der Waals surface area contributed by atoms with E-state index in [1.54, 1.807) is 7.11 Å². The van der Waals surface area contributed by atoms with Crippen molar-refractivity contribution in [2.45, 2.75) is 25.9 Å². The summed E-state index contributed by atoms with van der Waals surface area (Å²) in [6.45, 7) is 4.89. The van der Waals surface area contributed by atoms with Gasteiger partial charge in [0.2, 0.25) is 5.91 Å². The maximum Gasteiger partial charge on any atom is 0.223 e. The van der Waals surface area contributed by atoms with Crippen LogP contribution in [0.4, 0.5) is 0 Å². The molecule has 24 heavy (non-hydrogen) atoms. The molecule has 0 bridgehead atoms. The molecule has 1 fully saturated rings. The Labute approximate surface area is 144 Å². The van der Waals surface area contributed by atoms with Gasteiger partial charge in [-0.2, -0.15) is 0 Å². The van der Waals surface area contributed by atoms with Crippen molar-refractivity contribution in [3.63, 3.8) is 0 Å². The monoisotopic (exact) mass is 330 g/mol. The predicted molar refractivity (Wildman–Crippen MR) is 94.1 cm³/mol. The van der Waals surface area contributed by atoms with Crippen LogP contribution >= 0.6 is 0 Å². The molecule has 5 nitrogen and oxygen atoms in total. The number of terminal acetylenes is 1. The number of ether oxygens (including phenoxy) is 2. The summed E-state index contributed by atoms with van der Waals surface area (Å²) >= 11 is 0. The first kappa shape index (κ1) is 18.2. The molecule has 1 atom stereocenters. The molecule has 130 valence electrons. The van der Waals surface area contributed by atoms with Gasteiger partial charge < -0.3 is 14.8 Å². The van der Waals surface area contributed by atoms with Crippen molar-refractivity contribution in [3.8, 4) is 23.8 Å². The molecular weight excluding hydrogens is 304 g/mol. The number of likely N-dealkylation sites (tertiary alicyclic amines) is 1. The van der Waals surface area contributed by atoms with Crippen molar-refractivity contribution in [1.29, 1.82) is 0 Å². The summed E-state index contributed by atoms with van der Waals surface area (Å²) in [5.41, 5.74) is 0. The van der Waals surface area contributed by atoms with Crippen LogP contribution in [0.5, 0.6) is 11.5 Å². The maximum absolute atomic E-state index is 12.3. The summed E-state index contributed by atoms with van der Waals surface area (Å²) in [7, 11) is 1.63. The highest BCUT2D eigenvalue weighted by Gasteiger charge is 2.24.